The summed E-state index contributed by atoms with van der Waals surface area (Å²) in [5, 5.41) is 0.655. The van der Waals surface area contributed by atoms with Crippen molar-refractivity contribution in [3.05, 3.63) is 39.9 Å². The molecule has 1 atom stereocenters. The molecule has 1 aromatic heterocycles. The molecule has 0 unspecified atom stereocenters. The van der Waals surface area contributed by atoms with Gasteiger partial charge in [0.1, 0.15) is 0 Å². The first-order chi connectivity index (χ1) is 10.5. The molecule has 1 amide bonds. The van der Waals surface area contributed by atoms with E-state index < -0.39 is 0 Å². The maximum atomic E-state index is 12.6. The first-order valence-corrected chi connectivity index (χ1v) is 7.74. The van der Waals surface area contributed by atoms with Crippen molar-refractivity contribution in [1.29, 1.82) is 0 Å². The Bertz CT molecular complexity index is 794. The first-order valence-electron chi connectivity index (χ1n) is 7.74. The molecule has 0 aliphatic carbocycles. The second-order valence-corrected chi connectivity index (χ2v) is 6.11. The summed E-state index contributed by atoms with van der Waals surface area (Å²) in [6, 6.07) is 3.81. The second kappa shape index (κ2) is 5.55. The highest BCUT2D eigenvalue weighted by molar-refractivity contribution is 5.81. The van der Waals surface area contributed by atoms with Crippen molar-refractivity contribution in [2.24, 2.45) is 5.92 Å². The van der Waals surface area contributed by atoms with Crippen LogP contribution in [-0.4, -0.2) is 33.4 Å². The molecule has 0 radical (unpaired) electrons. The summed E-state index contributed by atoms with van der Waals surface area (Å²) in [5.41, 5.74) is 2.95. The fraction of sp³-hybridized carbons (Fsp3) is 0.471. The SMILES string of the molecule is CCN1C[C@@H](Cn2cnc3c(C)c(C)ccc3c2=O)CC1=O. The van der Waals surface area contributed by atoms with Crippen LogP contribution in [0.4, 0.5) is 0 Å². The van der Waals surface area contributed by atoms with Gasteiger partial charge in [0.25, 0.3) is 5.56 Å². The van der Waals surface area contributed by atoms with Crippen LogP contribution in [0.15, 0.2) is 23.3 Å². The fourth-order valence-electron chi connectivity index (χ4n) is 3.16. The van der Waals surface area contributed by atoms with E-state index in [4.69, 9.17) is 0 Å². The van der Waals surface area contributed by atoms with Crippen LogP contribution in [0.5, 0.6) is 0 Å². The van der Waals surface area contributed by atoms with Crippen molar-refractivity contribution in [2.45, 2.75) is 33.7 Å². The zero-order chi connectivity index (χ0) is 15.9. The molecule has 0 spiro atoms. The Kier molecular flexibility index (Phi) is 3.72. The van der Waals surface area contributed by atoms with Gasteiger partial charge in [0, 0.05) is 32.0 Å². The van der Waals surface area contributed by atoms with E-state index in [2.05, 4.69) is 4.98 Å². The minimum Gasteiger partial charge on any atom is -0.343 e. The molecule has 5 nitrogen and oxygen atoms in total. The number of carbonyl (C=O) groups is 1. The molecule has 1 aromatic carbocycles. The molecule has 1 fully saturated rings. The number of carbonyl (C=O) groups excluding carboxylic acids is 1. The lowest BCUT2D eigenvalue weighted by Crippen LogP contribution is -2.27. The Labute approximate surface area is 129 Å². The summed E-state index contributed by atoms with van der Waals surface area (Å²) in [6.07, 6.45) is 2.14. The summed E-state index contributed by atoms with van der Waals surface area (Å²) in [4.78, 5) is 30.8. The highest BCUT2D eigenvalue weighted by Gasteiger charge is 2.28. The fourth-order valence-corrected chi connectivity index (χ4v) is 3.16. The molecular formula is C17H21N3O2. The van der Waals surface area contributed by atoms with Crippen LogP contribution >= 0.6 is 0 Å². The van der Waals surface area contributed by atoms with Gasteiger partial charge in [-0.15, -0.1) is 0 Å². The highest BCUT2D eigenvalue weighted by atomic mass is 16.2. The van der Waals surface area contributed by atoms with E-state index >= 15 is 0 Å². The topological polar surface area (TPSA) is 55.2 Å². The number of fused-ring (bicyclic) bond motifs is 1. The largest absolute Gasteiger partial charge is 0.343 e. The number of likely N-dealkylation sites (tertiary alicyclic amines) is 1. The molecule has 116 valence electrons. The lowest BCUT2D eigenvalue weighted by atomic mass is 10.1. The van der Waals surface area contributed by atoms with Crippen molar-refractivity contribution >= 4 is 16.8 Å². The van der Waals surface area contributed by atoms with E-state index in [1.54, 1.807) is 10.9 Å². The second-order valence-electron chi connectivity index (χ2n) is 6.11. The monoisotopic (exact) mass is 299 g/mol. The Morgan fingerprint density at radius 3 is 2.73 bits per heavy atom. The normalized spacial score (nSPS) is 18.4. The summed E-state index contributed by atoms with van der Waals surface area (Å²) in [7, 11) is 0. The van der Waals surface area contributed by atoms with Crippen LogP contribution in [0.3, 0.4) is 0 Å². The number of aryl methyl sites for hydroxylation is 2. The van der Waals surface area contributed by atoms with Crippen LogP contribution in [0.1, 0.15) is 24.5 Å². The maximum absolute atomic E-state index is 12.6. The van der Waals surface area contributed by atoms with Crippen LogP contribution in [0, 0.1) is 19.8 Å². The van der Waals surface area contributed by atoms with E-state index in [0.29, 0.717) is 18.4 Å². The zero-order valence-electron chi connectivity index (χ0n) is 13.3. The predicted molar refractivity (Wildman–Crippen MR) is 85.8 cm³/mol. The van der Waals surface area contributed by atoms with E-state index in [1.807, 2.05) is 37.8 Å². The van der Waals surface area contributed by atoms with Gasteiger partial charge in [0.2, 0.25) is 5.91 Å². The van der Waals surface area contributed by atoms with Crippen molar-refractivity contribution in [3.63, 3.8) is 0 Å². The summed E-state index contributed by atoms with van der Waals surface area (Å²) >= 11 is 0. The number of benzene rings is 1. The van der Waals surface area contributed by atoms with Gasteiger partial charge >= 0.3 is 0 Å². The zero-order valence-corrected chi connectivity index (χ0v) is 13.3. The van der Waals surface area contributed by atoms with Crippen LogP contribution in [0.2, 0.25) is 0 Å². The third-order valence-electron chi connectivity index (χ3n) is 4.65. The predicted octanol–water partition coefficient (Wildman–Crippen LogP) is 1.88. The van der Waals surface area contributed by atoms with Crippen molar-refractivity contribution in [2.75, 3.05) is 13.1 Å². The average Bonchev–Trinajstić information content (AvgIpc) is 2.85. The minimum absolute atomic E-state index is 0.0181. The van der Waals surface area contributed by atoms with E-state index in [9.17, 15) is 9.59 Å². The third-order valence-corrected chi connectivity index (χ3v) is 4.65. The van der Waals surface area contributed by atoms with Gasteiger partial charge in [-0.2, -0.15) is 0 Å². The quantitative estimate of drug-likeness (QED) is 0.869. The lowest BCUT2D eigenvalue weighted by molar-refractivity contribution is -0.127. The van der Waals surface area contributed by atoms with E-state index in [1.165, 1.54) is 0 Å². The summed E-state index contributed by atoms with van der Waals surface area (Å²) in [5.74, 6) is 0.372. The number of hydrogen-bond acceptors (Lipinski definition) is 3. The maximum Gasteiger partial charge on any atom is 0.261 e. The molecule has 0 N–H and O–H groups in total. The Hall–Kier alpha value is -2.17. The summed E-state index contributed by atoms with van der Waals surface area (Å²) < 4.78 is 1.65. The van der Waals surface area contributed by atoms with E-state index in [-0.39, 0.29) is 17.4 Å². The molecule has 1 aliphatic rings. The molecule has 5 heteroatoms. The smallest absolute Gasteiger partial charge is 0.261 e. The molecule has 3 rings (SSSR count). The lowest BCUT2D eigenvalue weighted by Gasteiger charge is -2.15. The Morgan fingerprint density at radius 1 is 1.27 bits per heavy atom. The van der Waals surface area contributed by atoms with Gasteiger partial charge in [-0.1, -0.05) is 6.07 Å². The van der Waals surface area contributed by atoms with Gasteiger partial charge in [-0.05, 0) is 38.0 Å². The first kappa shape index (κ1) is 14.8. The molecule has 1 aliphatic heterocycles. The van der Waals surface area contributed by atoms with Crippen molar-refractivity contribution < 1.29 is 4.79 Å². The molecule has 2 heterocycles. The van der Waals surface area contributed by atoms with Crippen LogP contribution < -0.4 is 5.56 Å². The molecule has 0 bridgehead atoms. The Morgan fingerprint density at radius 2 is 2.05 bits per heavy atom. The standard InChI is InChI=1S/C17H21N3O2/c1-4-19-8-13(7-15(19)21)9-20-10-18-16-12(3)11(2)5-6-14(16)17(20)22/h5-6,10,13H,4,7-9H2,1-3H3/t13-/m0/s1. The molecular weight excluding hydrogens is 278 g/mol. The number of rotatable bonds is 3. The van der Waals surface area contributed by atoms with Crippen molar-refractivity contribution in [1.82, 2.24) is 14.5 Å². The minimum atomic E-state index is -0.0181. The van der Waals surface area contributed by atoms with Crippen LogP contribution in [0.25, 0.3) is 10.9 Å². The summed E-state index contributed by atoms with van der Waals surface area (Å²) in [6.45, 7) is 8.01. The molecule has 22 heavy (non-hydrogen) atoms. The van der Waals surface area contributed by atoms with Gasteiger partial charge in [-0.25, -0.2) is 4.98 Å². The molecule has 2 aromatic rings. The average molecular weight is 299 g/mol. The van der Waals surface area contributed by atoms with Gasteiger partial charge < -0.3 is 4.90 Å². The van der Waals surface area contributed by atoms with E-state index in [0.717, 1.165) is 29.7 Å². The molecule has 0 saturated carbocycles. The number of amides is 1. The van der Waals surface area contributed by atoms with Gasteiger partial charge in [0.05, 0.1) is 17.2 Å². The number of hydrogen-bond donors (Lipinski definition) is 0. The Balaban J connectivity index is 1.93. The number of nitrogens with zero attached hydrogens (tertiary/aromatic N) is 3. The number of aromatic nitrogens is 2. The van der Waals surface area contributed by atoms with Gasteiger partial charge in [0.15, 0.2) is 0 Å². The highest BCUT2D eigenvalue weighted by Crippen LogP contribution is 2.20. The third kappa shape index (κ3) is 2.40. The van der Waals surface area contributed by atoms with Crippen LogP contribution in [-0.2, 0) is 11.3 Å². The van der Waals surface area contributed by atoms with Gasteiger partial charge in [-0.3, -0.25) is 14.2 Å². The molecule has 1 saturated heterocycles. The van der Waals surface area contributed by atoms with Crippen molar-refractivity contribution in [3.8, 4) is 0 Å².